The van der Waals surface area contributed by atoms with E-state index in [4.69, 9.17) is 0 Å². The van der Waals surface area contributed by atoms with Crippen LogP contribution in [0.5, 0.6) is 0 Å². The predicted molar refractivity (Wildman–Crippen MR) is 76.3 cm³/mol. The Labute approximate surface area is 113 Å². The number of imidazole rings is 1. The first-order valence-electron chi connectivity index (χ1n) is 5.31. The van der Waals surface area contributed by atoms with Crippen molar-refractivity contribution in [2.24, 2.45) is 0 Å². The van der Waals surface area contributed by atoms with Crippen molar-refractivity contribution < 1.29 is 0 Å². The van der Waals surface area contributed by atoms with Gasteiger partial charge in [-0.2, -0.15) is 0 Å². The molecule has 0 aliphatic carbocycles. The summed E-state index contributed by atoms with van der Waals surface area (Å²) >= 11 is 2.31. The molecule has 2 aromatic heterocycles. The topological polar surface area (TPSA) is 30.7 Å². The van der Waals surface area contributed by atoms with Crippen molar-refractivity contribution in [1.82, 2.24) is 14.5 Å². The zero-order valence-electron chi connectivity index (χ0n) is 9.26. The van der Waals surface area contributed by atoms with Gasteiger partial charge in [-0.25, -0.2) is 4.98 Å². The highest BCUT2D eigenvalue weighted by Crippen LogP contribution is 2.20. The van der Waals surface area contributed by atoms with E-state index in [0.717, 1.165) is 22.5 Å². The van der Waals surface area contributed by atoms with E-state index in [9.17, 15) is 0 Å². The lowest BCUT2D eigenvalue weighted by Crippen LogP contribution is -1.96. The van der Waals surface area contributed by atoms with Gasteiger partial charge in [0.2, 0.25) is 0 Å². The van der Waals surface area contributed by atoms with Crippen LogP contribution >= 0.6 is 22.6 Å². The van der Waals surface area contributed by atoms with Crippen LogP contribution in [0.3, 0.4) is 0 Å². The highest BCUT2D eigenvalue weighted by Gasteiger charge is 2.08. The molecule has 0 N–H and O–H groups in total. The fourth-order valence-corrected chi connectivity index (χ4v) is 2.33. The summed E-state index contributed by atoms with van der Waals surface area (Å²) in [5.74, 6) is 0.981. The molecule has 0 bridgehead atoms. The molecule has 0 aliphatic rings. The first-order valence-corrected chi connectivity index (χ1v) is 6.38. The Kier molecular flexibility index (Phi) is 2.58. The van der Waals surface area contributed by atoms with Crippen LogP contribution in [-0.4, -0.2) is 14.5 Å². The summed E-state index contributed by atoms with van der Waals surface area (Å²) in [6.07, 6.45) is 3.60. The van der Waals surface area contributed by atoms with Crippen LogP contribution < -0.4 is 0 Å². The number of aromatic nitrogens is 3. The van der Waals surface area contributed by atoms with Gasteiger partial charge in [-0.05, 0) is 59.8 Å². The van der Waals surface area contributed by atoms with E-state index in [1.165, 1.54) is 3.57 Å². The zero-order valence-corrected chi connectivity index (χ0v) is 11.4. The van der Waals surface area contributed by atoms with E-state index in [1.807, 2.05) is 13.0 Å². The summed E-state index contributed by atoms with van der Waals surface area (Å²) in [5.41, 5.74) is 3.17. The molecule has 84 valence electrons. The molecule has 0 saturated carbocycles. The summed E-state index contributed by atoms with van der Waals surface area (Å²) in [7, 11) is 0. The van der Waals surface area contributed by atoms with E-state index in [1.54, 1.807) is 12.4 Å². The van der Waals surface area contributed by atoms with Crippen molar-refractivity contribution in [3.05, 3.63) is 52.1 Å². The molecular formula is C13H10IN3. The van der Waals surface area contributed by atoms with Crippen LogP contribution in [-0.2, 0) is 0 Å². The average molecular weight is 335 g/mol. The van der Waals surface area contributed by atoms with Crippen LogP contribution in [0.2, 0.25) is 0 Å². The highest BCUT2D eigenvalue weighted by atomic mass is 127. The number of fused-ring (bicyclic) bond motifs is 1. The van der Waals surface area contributed by atoms with Gasteiger partial charge in [-0.3, -0.25) is 9.55 Å². The van der Waals surface area contributed by atoms with Gasteiger partial charge < -0.3 is 0 Å². The smallest absolute Gasteiger partial charge is 0.111 e. The molecule has 0 saturated heterocycles. The maximum absolute atomic E-state index is 4.51. The minimum atomic E-state index is 0.934. The Morgan fingerprint density at radius 2 is 1.88 bits per heavy atom. The van der Waals surface area contributed by atoms with Crippen LogP contribution in [0.1, 0.15) is 5.82 Å². The summed E-state index contributed by atoms with van der Waals surface area (Å²) in [5, 5.41) is 0. The van der Waals surface area contributed by atoms with Crippen molar-refractivity contribution in [1.29, 1.82) is 0 Å². The first-order chi connectivity index (χ1) is 8.25. The molecule has 0 aliphatic heterocycles. The number of nitrogens with zero attached hydrogens (tertiary/aromatic N) is 3. The molecule has 2 heterocycles. The van der Waals surface area contributed by atoms with Crippen molar-refractivity contribution in [2.45, 2.75) is 6.92 Å². The Balaban J connectivity index is 2.29. The van der Waals surface area contributed by atoms with E-state index in [2.05, 4.69) is 61.4 Å². The second-order valence-corrected chi connectivity index (χ2v) is 5.08. The van der Waals surface area contributed by atoms with E-state index >= 15 is 0 Å². The van der Waals surface area contributed by atoms with E-state index < -0.39 is 0 Å². The third kappa shape index (κ3) is 1.82. The standard InChI is InChI=1S/C13H10IN3/c1-9-16-12-8-15-7-6-13(12)17(9)11-4-2-10(14)3-5-11/h2-8H,1H3. The molecule has 4 heteroatoms. The quantitative estimate of drug-likeness (QED) is 0.639. The minimum absolute atomic E-state index is 0.934. The molecule has 0 fully saturated rings. The first kappa shape index (κ1) is 10.7. The fourth-order valence-electron chi connectivity index (χ4n) is 1.97. The SMILES string of the molecule is Cc1nc2cnccc2n1-c1ccc(I)cc1. The Hall–Kier alpha value is -1.43. The Morgan fingerprint density at radius 1 is 1.12 bits per heavy atom. The number of aryl methyl sites for hydroxylation is 1. The van der Waals surface area contributed by atoms with Crippen LogP contribution in [0.4, 0.5) is 0 Å². The van der Waals surface area contributed by atoms with Gasteiger partial charge in [0.25, 0.3) is 0 Å². The number of hydrogen-bond acceptors (Lipinski definition) is 2. The average Bonchev–Trinajstić information content (AvgIpc) is 2.66. The molecule has 0 radical (unpaired) electrons. The number of hydrogen-bond donors (Lipinski definition) is 0. The van der Waals surface area contributed by atoms with Gasteiger partial charge in [-0.15, -0.1) is 0 Å². The van der Waals surface area contributed by atoms with Gasteiger partial charge in [0.15, 0.2) is 0 Å². The lowest BCUT2D eigenvalue weighted by Gasteiger charge is -2.06. The zero-order chi connectivity index (χ0) is 11.8. The van der Waals surface area contributed by atoms with E-state index in [-0.39, 0.29) is 0 Å². The van der Waals surface area contributed by atoms with Crippen molar-refractivity contribution in [2.75, 3.05) is 0 Å². The summed E-state index contributed by atoms with van der Waals surface area (Å²) in [6.45, 7) is 2.01. The largest absolute Gasteiger partial charge is 0.296 e. The second-order valence-electron chi connectivity index (χ2n) is 3.84. The minimum Gasteiger partial charge on any atom is -0.296 e. The van der Waals surface area contributed by atoms with Gasteiger partial charge in [0.1, 0.15) is 11.3 Å². The third-order valence-corrected chi connectivity index (χ3v) is 3.43. The number of pyridine rings is 1. The number of rotatable bonds is 1. The highest BCUT2D eigenvalue weighted by molar-refractivity contribution is 14.1. The van der Waals surface area contributed by atoms with Gasteiger partial charge >= 0.3 is 0 Å². The molecule has 3 rings (SSSR count). The van der Waals surface area contributed by atoms with Gasteiger partial charge in [-0.1, -0.05) is 0 Å². The fraction of sp³-hybridized carbons (Fsp3) is 0.0769. The van der Waals surface area contributed by atoms with Crippen molar-refractivity contribution in [3.8, 4) is 5.69 Å². The lowest BCUT2D eigenvalue weighted by atomic mass is 10.3. The van der Waals surface area contributed by atoms with Crippen LogP contribution in [0.15, 0.2) is 42.7 Å². The Morgan fingerprint density at radius 3 is 2.65 bits per heavy atom. The van der Waals surface area contributed by atoms with Crippen molar-refractivity contribution >= 4 is 33.6 Å². The normalized spacial score (nSPS) is 10.9. The molecule has 17 heavy (non-hydrogen) atoms. The van der Waals surface area contributed by atoms with Gasteiger partial charge in [0.05, 0.1) is 11.7 Å². The third-order valence-electron chi connectivity index (χ3n) is 2.71. The molecule has 0 unspecified atom stereocenters. The molecule has 3 aromatic rings. The molecule has 3 nitrogen and oxygen atoms in total. The Bertz CT molecular complexity index is 671. The molecule has 0 amide bonds. The number of benzene rings is 1. The van der Waals surface area contributed by atoms with Crippen LogP contribution in [0.25, 0.3) is 16.7 Å². The monoisotopic (exact) mass is 335 g/mol. The molecule has 0 spiro atoms. The summed E-state index contributed by atoms with van der Waals surface area (Å²) < 4.78 is 3.38. The van der Waals surface area contributed by atoms with E-state index in [0.29, 0.717) is 0 Å². The van der Waals surface area contributed by atoms with Gasteiger partial charge in [0, 0.05) is 15.5 Å². The van der Waals surface area contributed by atoms with Crippen LogP contribution in [0, 0.1) is 10.5 Å². The summed E-state index contributed by atoms with van der Waals surface area (Å²) in [6, 6.07) is 10.4. The molecule has 0 atom stereocenters. The second kappa shape index (κ2) is 4.10. The maximum atomic E-state index is 4.51. The maximum Gasteiger partial charge on any atom is 0.111 e. The summed E-state index contributed by atoms with van der Waals surface area (Å²) in [4.78, 5) is 8.61. The predicted octanol–water partition coefficient (Wildman–Crippen LogP) is 3.33. The molecular weight excluding hydrogens is 325 g/mol. The number of halogens is 1. The van der Waals surface area contributed by atoms with Crippen molar-refractivity contribution in [3.63, 3.8) is 0 Å². The lowest BCUT2D eigenvalue weighted by molar-refractivity contribution is 1.00. The molecule has 1 aromatic carbocycles.